The minimum atomic E-state index is 0. The van der Waals surface area contributed by atoms with Gasteiger partial charge in [0.15, 0.2) is 11.8 Å². The molecule has 166 valence electrons. The van der Waals surface area contributed by atoms with Crippen molar-refractivity contribution in [1.82, 2.24) is 25.4 Å². The molecule has 2 unspecified atom stereocenters. The van der Waals surface area contributed by atoms with Crippen LogP contribution in [0.2, 0.25) is 0 Å². The van der Waals surface area contributed by atoms with Crippen molar-refractivity contribution in [2.45, 2.75) is 70.6 Å². The van der Waals surface area contributed by atoms with Crippen LogP contribution in [-0.2, 0) is 30.5 Å². The molecule has 0 aromatic carbocycles. The summed E-state index contributed by atoms with van der Waals surface area (Å²) in [5.41, 5.74) is 0. The van der Waals surface area contributed by atoms with Gasteiger partial charge in [0.1, 0.15) is 11.6 Å². The van der Waals surface area contributed by atoms with Gasteiger partial charge in [-0.05, 0) is 37.8 Å². The molecule has 2 aromatic rings. The second kappa shape index (κ2) is 11.7. The number of guanidine groups is 1. The van der Waals surface area contributed by atoms with E-state index in [-0.39, 0.29) is 36.1 Å². The third-order valence-corrected chi connectivity index (χ3v) is 5.53. The predicted octanol–water partition coefficient (Wildman–Crippen LogP) is 2.71. The van der Waals surface area contributed by atoms with Crippen LogP contribution >= 0.6 is 24.0 Å². The average molecular weight is 528 g/mol. The van der Waals surface area contributed by atoms with Crippen molar-refractivity contribution in [2.24, 2.45) is 4.99 Å². The Morgan fingerprint density at radius 1 is 1.33 bits per heavy atom. The van der Waals surface area contributed by atoms with E-state index in [2.05, 4.69) is 27.6 Å². The van der Waals surface area contributed by atoms with E-state index in [1.807, 2.05) is 16.8 Å². The highest BCUT2D eigenvalue weighted by Gasteiger charge is 2.22. The van der Waals surface area contributed by atoms with Gasteiger partial charge < -0.3 is 19.8 Å². The number of ether oxygens (including phenoxy) is 1. The number of hydrogen-bond donors (Lipinski definition) is 2. The Bertz CT molecular complexity index is 786. The Morgan fingerprint density at radius 3 is 3.03 bits per heavy atom. The van der Waals surface area contributed by atoms with E-state index in [0.717, 1.165) is 81.6 Å². The highest BCUT2D eigenvalue weighted by atomic mass is 127. The minimum absolute atomic E-state index is 0. The van der Waals surface area contributed by atoms with E-state index in [1.54, 1.807) is 6.26 Å². The molecule has 2 atom stereocenters. The molecular weight excluding hydrogens is 495 g/mol. The largest absolute Gasteiger partial charge is 0.469 e. The van der Waals surface area contributed by atoms with Gasteiger partial charge in [-0.15, -0.1) is 24.0 Å². The van der Waals surface area contributed by atoms with E-state index in [1.165, 1.54) is 6.42 Å². The standard InChI is InChI=1S/C21H32N6O2.HI/c1-2-19-25-20-9-8-16(15-27(20)26-19)24-21(22-11-10-17-7-5-13-28-17)23-14-18-6-3-4-12-29-18;/h5,7,13,16,18H,2-4,6,8-12,14-15H2,1H3,(H2,22,23,24);1H. The van der Waals surface area contributed by atoms with Gasteiger partial charge in [-0.25, -0.2) is 9.67 Å². The van der Waals surface area contributed by atoms with Gasteiger partial charge >= 0.3 is 0 Å². The fraction of sp³-hybridized carbons (Fsp3) is 0.667. The van der Waals surface area contributed by atoms with Gasteiger partial charge in [0, 0.05) is 38.5 Å². The molecule has 2 aliphatic heterocycles. The van der Waals surface area contributed by atoms with Gasteiger partial charge in [0.25, 0.3) is 0 Å². The summed E-state index contributed by atoms with van der Waals surface area (Å²) in [6.07, 6.45) is 9.09. The molecule has 0 spiro atoms. The van der Waals surface area contributed by atoms with E-state index in [9.17, 15) is 0 Å². The number of nitrogens with one attached hydrogen (secondary N) is 2. The summed E-state index contributed by atoms with van der Waals surface area (Å²) in [6.45, 7) is 5.23. The molecule has 2 N–H and O–H groups in total. The van der Waals surface area contributed by atoms with Crippen LogP contribution in [0.15, 0.2) is 27.8 Å². The monoisotopic (exact) mass is 528 g/mol. The van der Waals surface area contributed by atoms with Crippen molar-refractivity contribution in [3.8, 4) is 0 Å². The fourth-order valence-corrected chi connectivity index (χ4v) is 3.88. The maximum atomic E-state index is 5.84. The van der Waals surface area contributed by atoms with Crippen molar-refractivity contribution in [2.75, 3.05) is 19.7 Å². The average Bonchev–Trinajstić information content (AvgIpc) is 3.41. The van der Waals surface area contributed by atoms with Crippen LogP contribution in [0.3, 0.4) is 0 Å². The molecule has 0 radical (unpaired) electrons. The second-order valence-corrected chi connectivity index (χ2v) is 7.79. The zero-order chi connectivity index (χ0) is 19.9. The number of hydrogen-bond acceptors (Lipinski definition) is 5. The summed E-state index contributed by atoms with van der Waals surface area (Å²) in [7, 11) is 0. The lowest BCUT2D eigenvalue weighted by Gasteiger charge is -2.26. The lowest BCUT2D eigenvalue weighted by molar-refractivity contribution is 0.0224. The van der Waals surface area contributed by atoms with Crippen LogP contribution < -0.4 is 10.6 Å². The van der Waals surface area contributed by atoms with E-state index in [0.29, 0.717) is 6.54 Å². The minimum Gasteiger partial charge on any atom is -0.469 e. The van der Waals surface area contributed by atoms with E-state index < -0.39 is 0 Å². The van der Waals surface area contributed by atoms with Gasteiger partial charge in [-0.1, -0.05) is 6.92 Å². The summed E-state index contributed by atoms with van der Waals surface area (Å²) in [5, 5.41) is 11.7. The van der Waals surface area contributed by atoms with E-state index >= 15 is 0 Å². The summed E-state index contributed by atoms with van der Waals surface area (Å²) >= 11 is 0. The van der Waals surface area contributed by atoms with Gasteiger partial charge in [0.2, 0.25) is 0 Å². The number of furan rings is 1. The number of aryl methyl sites for hydroxylation is 2. The topological polar surface area (TPSA) is 89.5 Å². The summed E-state index contributed by atoms with van der Waals surface area (Å²) in [4.78, 5) is 9.44. The van der Waals surface area contributed by atoms with Crippen molar-refractivity contribution in [1.29, 1.82) is 0 Å². The first kappa shape index (κ1) is 23.1. The molecule has 4 rings (SSSR count). The molecule has 0 amide bonds. The lowest BCUT2D eigenvalue weighted by Crippen LogP contribution is -2.48. The van der Waals surface area contributed by atoms with Crippen molar-refractivity contribution in [3.63, 3.8) is 0 Å². The number of fused-ring (bicyclic) bond motifs is 1. The number of halogens is 1. The second-order valence-electron chi connectivity index (χ2n) is 7.79. The molecule has 4 heterocycles. The number of rotatable bonds is 7. The van der Waals surface area contributed by atoms with Crippen molar-refractivity contribution < 1.29 is 9.15 Å². The molecule has 0 bridgehead atoms. The lowest BCUT2D eigenvalue weighted by atomic mass is 10.1. The Morgan fingerprint density at radius 2 is 2.27 bits per heavy atom. The highest BCUT2D eigenvalue weighted by molar-refractivity contribution is 14.0. The molecule has 30 heavy (non-hydrogen) atoms. The first-order valence-electron chi connectivity index (χ1n) is 10.9. The molecule has 0 saturated carbocycles. The third-order valence-electron chi connectivity index (χ3n) is 5.53. The molecule has 9 heteroatoms. The zero-order valence-electron chi connectivity index (χ0n) is 17.7. The molecule has 0 aliphatic carbocycles. The smallest absolute Gasteiger partial charge is 0.191 e. The predicted molar refractivity (Wildman–Crippen MR) is 126 cm³/mol. The van der Waals surface area contributed by atoms with Crippen LogP contribution in [-0.4, -0.2) is 52.6 Å². The van der Waals surface area contributed by atoms with Gasteiger partial charge in [-0.3, -0.25) is 4.99 Å². The Kier molecular flexibility index (Phi) is 8.98. The normalized spacial score (nSPS) is 21.6. The Hall–Kier alpha value is -1.62. The van der Waals surface area contributed by atoms with Crippen LogP contribution in [0.5, 0.6) is 0 Å². The first-order valence-corrected chi connectivity index (χ1v) is 10.9. The maximum absolute atomic E-state index is 5.84. The fourth-order valence-electron chi connectivity index (χ4n) is 3.88. The summed E-state index contributed by atoms with van der Waals surface area (Å²) < 4.78 is 13.3. The molecule has 1 fully saturated rings. The number of nitrogens with zero attached hydrogens (tertiary/aromatic N) is 4. The third kappa shape index (κ3) is 6.44. The molecule has 2 aliphatic rings. The highest BCUT2D eigenvalue weighted by Crippen LogP contribution is 2.14. The maximum Gasteiger partial charge on any atom is 0.191 e. The van der Waals surface area contributed by atoms with Crippen LogP contribution in [0, 0.1) is 0 Å². The Labute approximate surface area is 195 Å². The van der Waals surface area contributed by atoms with Gasteiger partial charge in [0.05, 0.1) is 25.5 Å². The van der Waals surface area contributed by atoms with Crippen molar-refractivity contribution >= 4 is 29.9 Å². The SMILES string of the molecule is CCc1nc2n(n1)CC(NC(=NCC1CCCCO1)NCCc1ccco1)CC2.I. The zero-order valence-corrected chi connectivity index (χ0v) is 20.0. The van der Waals surface area contributed by atoms with Crippen LogP contribution in [0.4, 0.5) is 0 Å². The Balaban J connectivity index is 0.00000256. The molecule has 1 saturated heterocycles. The molecule has 2 aromatic heterocycles. The van der Waals surface area contributed by atoms with Crippen LogP contribution in [0.25, 0.3) is 0 Å². The van der Waals surface area contributed by atoms with E-state index in [4.69, 9.17) is 14.1 Å². The quantitative estimate of drug-likeness (QED) is 0.327. The molecule has 8 nitrogen and oxygen atoms in total. The van der Waals surface area contributed by atoms with Gasteiger partial charge in [-0.2, -0.15) is 5.10 Å². The van der Waals surface area contributed by atoms with Crippen molar-refractivity contribution in [3.05, 3.63) is 35.8 Å². The summed E-state index contributed by atoms with van der Waals surface area (Å²) in [5.74, 6) is 3.85. The summed E-state index contributed by atoms with van der Waals surface area (Å²) in [6, 6.07) is 4.21. The number of aliphatic imine (C=N–C) groups is 1. The molecular formula is C21H33IN6O2. The number of aromatic nitrogens is 3. The first-order chi connectivity index (χ1) is 14.3. The van der Waals surface area contributed by atoms with Crippen LogP contribution in [0.1, 0.15) is 50.0 Å².